The van der Waals surface area contributed by atoms with Crippen LogP contribution in [0.1, 0.15) is 17.3 Å². The van der Waals surface area contributed by atoms with Gasteiger partial charge in [0.05, 0.1) is 22.8 Å². The van der Waals surface area contributed by atoms with Gasteiger partial charge in [0.25, 0.3) is 10.0 Å². The zero-order valence-corrected chi connectivity index (χ0v) is 19.5. The molecule has 2 aliphatic heterocycles. The standard InChI is InChI=1S/C24H24N4O5S/c1-2-33-24(30)18-9-10-21(25-15-18)26-11-13-27(14-12-26)22(29)16-28-19-7-3-5-17-6-4-8-20(23(17)19)34(28,31)32/h3-10,15H,2,11-14,16H2,1H3. The quantitative estimate of drug-likeness (QED) is 0.517. The van der Waals surface area contributed by atoms with Crippen LogP contribution in [0.4, 0.5) is 11.5 Å². The zero-order chi connectivity index (χ0) is 23.9. The summed E-state index contributed by atoms with van der Waals surface area (Å²) < 4.78 is 32.5. The van der Waals surface area contributed by atoms with Crippen molar-refractivity contribution in [3.05, 3.63) is 60.3 Å². The number of hydrogen-bond donors (Lipinski definition) is 0. The molecular weight excluding hydrogens is 456 g/mol. The maximum atomic E-state index is 13.1. The van der Waals surface area contributed by atoms with Crippen molar-refractivity contribution in [2.45, 2.75) is 11.8 Å². The van der Waals surface area contributed by atoms with Crippen molar-refractivity contribution < 1.29 is 22.7 Å². The highest BCUT2D eigenvalue weighted by molar-refractivity contribution is 7.93. The second kappa shape index (κ2) is 8.60. The topological polar surface area (TPSA) is 100 Å². The largest absolute Gasteiger partial charge is 0.462 e. The number of piperazine rings is 1. The van der Waals surface area contributed by atoms with Gasteiger partial charge < -0.3 is 14.5 Å². The molecule has 1 amide bonds. The average Bonchev–Trinajstić information content (AvgIpc) is 3.07. The van der Waals surface area contributed by atoms with Crippen LogP contribution >= 0.6 is 0 Å². The second-order valence-corrected chi connectivity index (χ2v) is 9.97. The summed E-state index contributed by atoms with van der Waals surface area (Å²) in [4.78, 5) is 33.2. The number of amides is 1. The van der Waals surface area contributed by atoms with E-state index in [-0.39, 0.29) is 17.3 Å². The van der Waals surface area contributed by atoms with Crippen LogP contribution in [0, 0.1) is 0 Å². The minimum absolute atomic E-state index is 0.234. The first-order valence-corrected chi connectivity index (χ1v) is 12.5. The molecule has 0 unspecified atom stereocenters. The summed E-state index contributed by atoms with van der Waals surface area (Å²) in [7, 11) is -3.77. The van der Waals surface area contributed by atoms with Gasteiger partial charge in [-0.1, -0.05) is 24.3 Å². The molecule has 176 valence electrons. The van der Waals surface area contributed by atoms with Crippen molar-refractivity contribution in [3.63, 3.8) is 0 Å². The fourth-order valence-corrected chi connectivity index (χ4v) is 6.10. The van der Waals surface area contributed by atoms with E-state index < -0.39 is 16.0 Å². The number of ether oxygens (including phenoxy) is 1. The molecular formula is C24H24N4O5S. The number of esters is 1. The van der Waals surface area contributed by atoms with Gasteiger partial charge in [0.15, 0.2) is 0 Å². The van der Waals surface area contributed by atoms with E-state index in [2.05, 4.69) is 4.98 Å². The number of anilines is 2. The Balaban J connectivity index is 1.25. The van der Waals surface area contributed by atoms with Gasteiger partial charge in [-0.3, -0.25) is 9.10 Å². The Hall–Kier alpha value is -3.66. The smallest absolute Gasteiger partial charge is 0.339 e. The minimum Gasteiger partial charge on any atom is -0.462 e. The van der Waals surface area contributed by atoms with Crippen molar-refractivity contribution in [1.82, 2.24) is 9.88 Å². The number of carbonyl (C=O) groups excluding carboxylic acids is 2. The van der Waals surface area contributed by atoms with Crippen LogP contribution in [0.5, 0.6) is 0 Å². The summed E-state index contributed by atoms with van der Waals surface area (Å²) in [6.45, 7) is 3.83. The highest BCUT2D eigenvalue weighted by atomic mass is 32.2. The van der Waals surface area contributed by atoms with E-state index in [4.69, 9.17) is 4.74 Å². The van der Waals surface area contributed by atoms with E-state index >= 15 is 0 Å². The molecule has 0 aliphatic carbocycles. The average molecular weight is 481 g/mol. The maximum absolute atomic E-state index is 13.1. The Bertz CT molecular complexity index is 1360. The first kappa shape index (κ1) is 22.1. The van der Waals surface area contributed by atoms with Gasteiger partial charge in [0.2, 0.25) is 5.91 Å². The minimum atomic E-state index is -3.77. The van der Waals surface area contributed by atoms with Gasteiger partial charge in [-0.05, 0) is 36.6 Å². The van der Waals surface area contributed by atoms with Gasteiger partial charge in [-0.15, -0.1) is 0 Å². The molecule has 2 aliphatic rings. The summed E-state index contributed by atoms with van der Waals surface area (Å²) in [6, 6.07) is 14.0. The Labute approximate surface area is 197 Å². The lowest BCUT2D eigenvalue weighted by molar-refractivity contribution is -0.129. The zero-order valence-electron chi connectivity index (χ0n) is 18.7. The highest BCUT2D eigenvalue weighted by Gasteiger charge is 2.37. The molecule has 1 saturated heterocycles. The number of nitrogens with zero attached hydrogens (tertiary/aromatic N) is 4. The number of aromatic nitrogens is 1. The number of hydrogen-bond acceptors (Lipinski definition) is 7. The molecule has 0 spiro atoms. The Morgan fingerprint density at radius 3 is 2.41 bits per heavy atom. The first-order chi connectivity index (χ1) is 16.4. The van der Waals surface area contributed by atoms with Crippen LogP contribution < -0.4 is 9.21 Å². The van der Waals surface area contributed by atoms with Crippen LogP contribution in [-0.4, -0.2) is 69.5 Å². The first-order valence-electron chi connectivity index (χ1n) is 11.1. The molecule has 0 N–H and O–H groups in total. The van der Waals surface area contributed by atoms with Gasteiger partial charge in [-0.2, -0.15) is 0 Å². The summed E-state index contributed by atoms with van der Waals surface area (Å²) in [5.41, 5.74) is 0.938. The van der Waals surface area contributed by atoms with Crippen molar-refractivity contribution in [3.8, 4) is 0 Å². The fourth-order valence-electron chi connectivity index (χ4n) is 4.44. The SMILES string of the molecule is CCOC(=O)c1ccc(N2CCN(C(=O)CN3c4cccc5cccc(c45)S3(=O)=O)CC2)nc1. The van der Waals surface area contributed by atoms with Gasteiger partial charge >= 0.3 is 5.97 Å². The van der Waals surface area contributed by atoms with E-state index in [0.29, 0.717) is 55.2 Å². The molecule has 1 fully saturated rings. The summed E-state index contributed by atoms with van der Waals surface area (Å²) in [6.07, 6.45) is 1.49. The van der Waals surface area contributed by atoms with Crippen molar-refractivity contribution in [1.29, 1.82) is 0 Å². The Kier molecular flexibility index (Phi) is 5.60. The van der Waals surface area contributed by atoms with E-state index in [0.717, 1.165) is 5.39 Å². The predicted octanol–water partition coefficient (Wildman–Crippen LogP) is 2.27. The normalized spacial score (nSPS) is 16.7. The molecule has 1 aromatic heterocycles. The van der Waals surface area contributed by atoms with Crippen LogP contribution in [-0.2, 0) is 19.6 Å². The molecule has 10 heteroatoms. The molecule has 0 bridgehead atoms. The summed E-state index contributed by atoms with van der Waals surface area (Å²) in [5, 5.41) is 1.50. The van der Waals surface area contributed by atoms with E-state index in [1.54, 1.807) is 48.2 Å². The van der Waals surface area contributed by atoms with Gasteiger partial charge in [0, 0.05) is 37.8 Å². The van der Waals surface area contributed by atoms with E-state index in [1.165, 1.54) is 10.5 Å². The third-order valence-electron chi connectivity index (χ3n) is 6.18. The van der Waals surface area contributed by atoms with E-state index in [9.17, 15) is 18.0 Å². The highest BCUT2D eigenvalue weighted by Crippen LogP contribution is 2.41. The molecule has 5 rings (SSSR count). The van der Waals surface area contributed by atoms with Gasteiger partial charge in [-0.25, -0.2) is 18.2 Å². The molecule has 3 aromatic rings. The molecule has 9 nitrogen and oxygen atoms in total. The molecule has 0 atom stereocenters. The maximum Gasteiger partial charge on any atom is 0.339 e. The van der Waals surface area contributed by atoms with Crippen molar-refractivity contribution >= 4 is 44.2 Å². The third-order valence-corrected chi connectivity index (χ3v) is 7.98. The molecule has 0 radical (unpaired) electrons. The van der Waals surface area contributed by atoms with Crippen LogP contribution in [0.25, 0.3) is 10.8 Å². The number of sulfonamides is 1. The van der Waals surface area contributed by atoms with Crippen molar-refractivity contribution in [2.24, 2.45) is 0 Å². The third kappa shape index (κ3) is 3.73. The monoisotopic (exact) mass is 480 g/mol. The molecule has 3 heterocycles. The number of rotatable bonds is 5. The molecule has 2 aromatic carbocycles. The Morgan fingerprint density at radius 1 is 1.00 bits per heavy atom. The van der Waals surface area contributed by atoms with Crippen LogP contribution in [0.2, 0.25) is 0 Å². The lowest BCUT2D eigenvalue weighted by atomic mass is 10.1. The van der Waals surface area contributed by atoms with E-state index in [1.807, 2.05) is 17.0 Å². The predicted molar refractivity (Wildman–Crippen MR) is 127 cm³/mol. The molecule has 0 saturated carbocycles. The lowest BCUT2D eigenvalue weighted by Crippen LogP contribution is -2.51. The fraction of sp³-hybridized carbons (Fsp3) is 0.292. The lowest BCUT2D eigenvalue weighted by Gasteiger charge is -2.36. The summed E-state index contributed by atoms with van der Waals surface area (Å²) in [5.74, 6) is 0.0646. The van der Waals surface area contributed by atoms with Crippen LogP contribution in [0.15, 0.2) is 59.6 Å². The number of carbonyl (C=O) groups is 2. The number of benzene rings is 2. The van der Waals surface area contributed by atoms with Gasteiger partial charge in [0.1, 0.15) is 12.4 Å². The molecule has 34 heavy (non-hydrogen) atoms. The van der Waals surface area contributed by atoms with Crippen molar-refractivity contribution in [2.75, 3.05) is 48.5 Å². The summed E-state index contributed by atoms with van der Waals surface area (Å²) >= 11 is 0. The Morgan fingerprint density at radius 2 is 1.74 bits per heavy atom. The second-order valence-electron chi connectivity index (χ2n) is 8.14. The number of pyridine rings is 1. The van der Waals surface area contributed by atoms with Crippen LogP contribution in [0.3, 0.4) is 0 Å².